The molecule has 1 aromatic rings. The van der Waals surface area contributed by atoms with E-state index in [1.165, 1.54) is 38.3 Å². The molecule has 1 aliphatic rings. The van der Waals surface area contributed by atoms with Gasteiger partial charge in [-0.1, -0.05) is 0 Å². The van der Waals surface area contributed by atoms with Gasteiger partial charge in [-0.15, -0.1) is 0 Å². The van der Waals surface area contributed by atoms with Crippen molar-refractivity contribution in [3.05, 3.63) is 24.3 Å². The molecule has 28 heavy (non-hydrogen) atoms. The number of likely N-dealkylation sites (tertiary alicyclic amines) is 1. The number of carbonyl (C=O) groups excluding carboxylic acids is 2. The summed E-state index contributed by atoms with van der Waals surface area (Å²) in [5.41, 5.74) is 0. The third kappa shape index (κ3) is 5.83. The van der Waals surface area contributed by atoms with Crippen molar-refractivity contribution in [1.29, 1.82) is 0 Å². The Bertz CT molecular complexity index is 773. The summed E-state index contributed by atoms with van der Waals surface area (Å²) in [5.74, 6) is 0.130. The molecule has 10 heteroatoms. The summed E-state index contributed by atoms with van der Waals surface area (Å²) in [4.78, 5) is 25.7. The van der Waals surface area contributed by atoms with Gasteiger partial charge in [-0.25, -0.2) is 13.2 Å². The maximum Gasteiger partial charge on any atom is 0.409 e. The molecule has 0 aromatic heterocycles. The number of ether oxygens (including phenoxy) is 2. The zero-order chi connectivity index (χ0) is 20.7. The Labute approximate surface area is 165 Å². The highest BCUT2D eigenvalue weighted by atomic mass is 32.2. The molecular formula is C18H27N3O6S. The predicted molar refractivity (Wildman–Crippen MR) is 103 cm³/mol. The molecule has 1 aromatic carbocycles. The van der Waals surface area contributed by atoms with E-state index in [1.54, 1.807) is 11.8 Å². The monoisotopic (exact) mass is 413 g/mol. The zero-order valence-corrected chi connectivity index (χ0v) is 17.1. The molecule has 1 aliphatic heterocycles. The average Bonchev–Trinajstić information content (AvgIpc) is 2.68. The second kappa shape index (κ2) is 9.74. The van der Waals surface area contributed by atoms with Crippen LogP contribution in [0.3, 0.4) is 0 Å². The van der Waals surface area contributed by atoms with Gasteiger partial charge < -0.3 is 19.7 Å². The maximum absolute atomic E-state index is 12.4. The molecule has 1 saturated heterocycles. The lowest BCUT2D eigenvalue weighted by atomic mass is 10.1. The Hall–Kier alpha value is -2.33. The highest BCUT2D eigenvalue weighted by Gasteiger charge is 2.27. The van der Waals surface area contributed by atoms with Gasteiger partial charge in [0.25, 0.3) is 0 Å². The number of methoxy groups -OCH3 is 1. The van der Waals surface area contributed by atoms with E-state index in [4.69, 9.17) is 9.47 Å². The van der Waals surface area contributed by atoms with Crippen LogP contribution in [0.15, 0.2) is 29.2 Å². The molecule has 9 nitrogen and oxygen atoms in total. The van der Waals surface area contributed by atoms with Crippen molar-refractivity contribution in [3.63, 3.8) is 0 Å². The van der Waals surface area contributed by atoms with Crippen LogP contribution in [0.5, 0.6) is 5.75 Å². The summed E-state index contributed by atoms with van der Waals surface area (Å²) in [6.45, 7) is 4.52. The molecule has 0 unspecified atom stereocenters. The Morgan fingerprint density at radius 1 is 1.21 bits per heavy atom. The number of piperidine rings is 1. The normalized spacial score (nSPS) is 16.3. The van der Waals surface area contributed by atoms with Crippen molar-refractivity contribution in [2.45, 2.75) is 43.7 Å². The van der Waals surface area contributed by atoms with Gasteiger partial charge in [-0.2, -0.15) is 4.72 Å². The third-order valence-electron chi connectivity index (χ3n) is 4.46. The smallest absolute Gasteiger partial charge is 0.409 e. The van der Waals surface area contributed by atoms with E-state index in [9.17, 15) is 18.0 Å². The van der Waals surface area contributed by atoms with E-state index in [0.29, 0.717) is 38.3 Å². The van der Waals surface area contributed by atoms with E-state index < -0.39 is 22.0 Å². The van der Waals surface area contributed by atoms with Crippen molar-refractivity contribution in [3.8, 4) is 5.75 Å². The van der Waals surface area contributed by atoms with E-state index >= 15 is 0 Å². The fourth-order valence-corrected chi connectivity index (χ4v) is 4.06. The van der Waals surface area contributed by atoms with Crippen LogP contribution in [0.25, 0.3) is 0 Å². The van der Waals surface area contributed by atoms with Crippen LogP contribution in [-0.4, -0.2) is 64.2 Å². The predicted octanol–water partition coefficient (Wildman–Crippen LogP) is 1.10. The van der Waals surface area contributed by atoms with Gasteiger partial charge >= 0.3 is 6.09 Å². The van der Waals surface area contributed by atoms with Crippen LogP contribution in [-0.2, 0) is 19.6 Å². The minimum atomic E-state index is -3.83. The molecule has 0 bridgehead atoms. The van der Waals surface area contributed by atoms with Crippen molar-refractivity contribution in [1.82, 2.24) is 14.9 Å². The number of amides is 2. The van der Waals surface area contributed by atoms with Crippen LogP contribution >= 0.6 is 0 Å². The van der Waals surface area contributed by atoms with Crippen LogP contribution in [0.2, 0.25) is 0 Å². The first-order valence-electron chi connectivity index (χ1n) is 9.15. The van der Waals surface area contributed by atoms with Crippen molar-refractivity contribution in [2.75, 3.05) is 26.8 Å². The molecule has 1 heterocycles. The first kappa shape index (κ1) is 22.0. The quantitative estimate of drug-likeness (QED) is 0.692. The lowest BCUT2D eigenvalue weighted by Crippen LogP contribution is -2.51. The Morgan fingerprint density at radius 3 is 2.36 bits per heavy atom. The van der Waals surface area contributed by atoms with Crippen LogP contribution in [0, 0.1) is 0 Å². The summed E-state index contributed by atoms with van der Waals surface area (Å²) in [7, 11) is -2.34. The molecule has 0 radical (unpaired) electrons. The SMILES string of the molecule is CCOC(=O)N1CCC(NC(=O)[C@H](C)NS(=O)(=O)c2ccc(OC)cc2)CC1. The summed E-state index contributed by atoms with van der Waals surface area (Å²) in [6, 6.07) is 4.85. The van der Waals surface area contributed by atoms with Gasteiger partial charge in [0, 0.05) is 19.1 Å². The topological polar surface area (TPSA) is 114 Å². The number of nitrogens with zero attached hydrogens (tertiary/aromatic N) is 1. The Balaban J connectivity index is 1.86. The first-order chi connectivity index (χ1) is 13.3. The Morgan fingerprint density at radius 2 is 1.82 bits per heavy atom. The van der Waals surface area contributed by atoms with E-state index in [2.05, 4.69) is 10.0 Å². The lowest BCUT2D eigenvalue weighted by Gasteiger charge is -2.32. The molecule has 2 N–H and O–H groups in total. The molecule has 0 saturated carbocycles. The second-order valence-electron chi connectivity index (χ2n) is 6.49. The van der Waals surface area contributed by atoms with Crippen LogP contribution in [0.4, 0.5) is 4.79 Å². The number of benzene rings is 1. The molecule has 0 aliphatic carbocycles. The van der Waals surface area contributed by atoms with Crippen LogP contribution < -0.4 is 14.8 Å². The third-order valence-corrected chi connectivity index (χ3v) is 6.02. The summed E-state index contributed by atoms with van der Waals surface area (Å²) >= 11 is 0. The first-order valence-corrected chi connectivity index (χ1v) is 10.6. The molecule has 2 rings (SSSR count). The highest BCUT2D eigenvalue weighted by molar-refractivity contribution is 7.89. The van der Waals surface area contributed by atoms with Crippen molar-refractivity contribution >= 4 is 22.0 Å². The summed E-state index contributed by atoms with van der Waals surface area (Å²) < 4.78 is 37.2. The zero-order valence-electron chi connectivity index (χ0n) is 16.3. The Kier molecular flexibility index (Phi) is 7.64. The summed E-state index contributed by atoms with van der Waals surface area (Å²) in [6.07, 6.45) is 0.818. The second-order valence-corrected chi connectivity index (χ2v) is 8.20. The fraction of sp³-hybridized carbons (Fsp3) is 0.556. The molecule has 1 fully saturated rings. The van der Waals surface area contributed by atoms with Gasteiger partial charge in [-0.05, 0) is 51.0 Å². The van der Waals surface area contributed by atoms with Gasteiger partial charge in [0.2, 0.25) is 15.9 Å². The molecule has 0 spiro atoms. The number of carbonyl (C=O) groups is 2. The average molecular weight is 413 g/mol. The van der Waals surface area contributed by atoms with Crippen molar-refractivity contribution in [2.24, 2.45) is 0 Å². The highest BCUT2D eigenvalue weighted by Crippen LogP contribution is 2.16. The molecule has 156 valence electrons. The lowest BCUT2D eigenvalue weighted by molar-refractivity contribution is -0.123. The minimum Gasteiger partial charge on any atom is -0.497 e. The van der Waals surface area contributed by atoms with Gasteiger partial charge in [-0.3, -0.25) is 4.79 Å². The standard InChI is InChI=1S/C18H27N3O6S/c1-4-27-18(23)21-11-9-14(10-12-21)19-17(22)13(2)20-28(24,25)16-7-5-15(26-3)6-8-16/h5-8,13-14,20H,4,9-12H2,1-3H3,(H,19,22)/t13-/m0/s1. The van der Waals surface area contributed by atoms with E-state index in [1.807, 2.05) is 0 Å². The van der Waals surface area contributed by atoms with E-state index in [-0.39, 0.29) is 17.0 Å². The molecule has 1 atom stereocenters. The number of sulfonamides is 1. The van der Waals surface area contributed by atoms with Crippen molar-refractivity contribution < 1.29 is 27.5 Å². The molecule has 2 amide bonds. The fourth-order valence-electron chi connectivity index (χ4n) is 2.86. The number of hydrogen-bond acceptors (Lipinski definition) is 6. The van der Waals surface area contributed by atoms with Gasteiger partial charge in [0.05, 0.1) is 24.7 Å². The van der Waals surface area contributed by atoms with E-state index in [0.717, 1.165) is 0 Å². The number of hydrogen-bond donors (Lipinski definition) is 2. The van der Waals surface area contributed by atoms with Crippen LogP contribution in [0.1, 0.15) is 26.7 Å². The summed E-state index contributed by atoms with van der Waals surface area (Å²) in [5, 5.41) is 2.84. The molecular weight excluding hydrogens is 386 g/mol. The number of rotatable bonds is 7. The number of nitrogens with one attached hydrogen (secondary N) is 2. The minimum absolute atomic E-state index is 0.0516. The van der Waals surface area contributed by atoms with Gasteiger partial charge in [0.15, 0.2) is 0 Å². The van der Waals surface area contributed by atoms with Gasteiger partial charge in [0.1, 0.15) is 5.75 Å². The maximum atomic E-state index is 12.4. The largest absolute Gasteiger partial charge is 0.497 e.